The van der Waals surface area contributed by atoms with Gasteiger partial charge in [-0.1, -0.05) is 0 Å². The van der Waals surface area contributed by atoms with Crippen LogP contribution in [0.4, 0.5) is 5.69 Å². The van der Waals surface area contributed by atoms with Gasteiger partial charge in [-0.05, 0) is 45.0 Å². The highest BCUT2D eigenvalue weighted by Gasteiger charge is 2.12. The number of benzene rings is 1. The molecule has 1 N–H and O–H groups in total. The Morgan fingerprint density at radius 3 is 2.17 bits per heavy atom. The average Bonchev–Trinajstić information content (AvgIpc) is 2.55. The fraction of sp³-hybridized carbons (Fsp3) is 0.353. The summed E-state index contributed by atoms with van der Waals surface area (Å²) in [7, 11) is 0. The number of nitrogens with one attached hydrogen (secondary N) is 1. The quantitative estimate of drug-likeness (QED) is 0.618. The molecule has 1 aromatic rings. The first kappa shape index (κ1) is 18.4. The van der Waals surface area contributed by atoms with E-state index < -0.39 is 11.9 Å². The Hall–Kier alpha value is -2.63. The summed E-state index contributed by atoms with van der Waals surface area (Å²) >= 11 is 0. The predicted octanol–water partition coefficient (Wildman–Crippen LogP) is 2.23. The minimum absolute atomic E-state index is 0.0462. The second kappa shape index (κ2) is 9.40. The summed E-state index contributed by atoms with van der Waals surface area (Å²) in [4.78, 5) is 36.6. The molecule has 0 aliphatic carbocycles. The van der Waals surface area contributed by atoms with Crippen molar-refractivity contribution in [1.82, 2.24) is 4.90 Å². The molecule has 23 heavy (non-hydrogen) atoms. The molecule has 0 heterocycles. The van der Waals surface area contributed by atoms with Crippen molar-refractivity contribution in [2.24, 2.45) is 0 Å². The number of carbonyl (C=O) groups is 3. The number of ether oxygens (including phenoxy) is 1. The molecule has 6 nitrogen and oxygen atoms in total. The van der Waals surface area contributed by atoms with Crippen LogP contribution in [0.1, 0.15) is 31.1 Å². The minimum Gasteiger partial charge on any atom is -0.463 e. The molecule has 0 saturated heterocycles. The molecule has 0 bridgehead atoms. The van der Waals surface area contributed by atoms with Crippen LogP contribution in [-0.4, -0.2) is 42.4 Å². The van der Waals surface area contributed by atoms with Crippen LogP contribution in [0.3, 0.4) is 0 Å². The van der Waals surface area contributed by atoms with Gasteiger partial charge in [-0.2, -0.15) is 0 Å². The summed E-state index contributed by atoms with van der Waals surface area (Å²) < 4.78 is 4.68. The molecule has 0 aliphatic rings. The smallest absolute Gasteiger partial charge is 0.330 e. The minimum atomic E-state index is -0.567. The fourth-order valence-electron chi connectivity index (χ4n) is 1.91. The number of anilines is 1. The molecular formula is C17H22N2O4. The van der Waals surface area contributed by atoms with E-state index in [2.05, 4.69) is 10.1 Å². The summed E-state index contributed by atoms with van der Waals surface area (Å²) in [5, 5.41) is 2.60. The lowest BCUT2D eigenvalue weighted by Crippen LogP contribution is -2.30. The Morgan fingerprint density at radius 1 is 1.04 bits per heavy atom. The van der Waals surface area contributed by atoms with Crippen molar-refractivity contribution in [3.63, 3.8) is 0 Å². The van der Waals surface area contributed by atoms with E-state index in [-0.39, 0.29) is 12.5 Å². The first-order valence-electron chi connectivity index (χ1n) is 7.56. The van der Waals surface area contributed by atoms with Crippen molar-refractivity contribution in [1.29, 1.82) is 0 Å². The molecule has 124 valence electrons. The van der Waals surface area contributed by atoms with Gasteiger partial charge in [0.15, 0.2) is 0 Å². The Labute approximate surface area is 136 Å². The molecule has 0 aliphatic heterocycles. The van der Waals surface area contributed by atoms with Crippen LogP contribution < -0.4 is 5.32 Å². The standard InChI is InChI=1S/C17H22N2O4/c1-4-19(5-2)17(22)13-7-9-14(10-8-13)18-15(20)11-12-16(21)23-6-3/h7-12H,4-6H2,1-3H3,(H,18,20)/b12-11+. The average molecular weight is 318 g/mol. The van der Waals surface area contributed by atoms with Gasteiger partial charge in [-0.25, -0.2) is 4.79 Å². The predicted molar refractivity (Wildman–Crippen MR) is 88.1 cm³/mol. The third kappa shape index (κ3) is 5.94. The Morgan fingerprint density at radius 2 is 1.65 bits per heavy atom. The van der Waals surface area contributed by atoms with Gasteiger partial charge in [0.2, 0.25) is 5.91 Å². The molecular weight excluding hydrogens is 296 g/mol. The van der Waals surface area contributed by atoms with Crippen LogP contribution in [0.15, 0.2) is 36.4 Å². The highest BCUT2D eigenvalue weighted by atomic mass is 16.5. The number of hydrogen-bond acceptors (Lipinski definition) is 4. The monoisotopic (exact) mass is 318 g/mol. The van der Waals surface area contributed by atoms with E-state index in [1.807, 2.05) is 13.8 Å². The summed E-state index contributed by atoms with van der Waals surface area (Å²) in [5.74, 6) is -1.06. The van der Waals surface area contributed by atoms with Crippen molar-refractivity contribution >= 4 is 23.5 Å². The zero-order valence-electron chi connectivity index (χ0n) is 13.7. The lowest BCUT2D eigenvalue weighted by atomic mass is 10.1. The molecule has 0 radical (unpaired) electrons. The van der Waals surface area contributed by atoms with Crippen molar-refractivity contribution in [2.75, 3.05) is 25.0 Å². The highest BCUT2D eigenvalue weighted by Crippen LogP contribution is 2.11. The molecule has 0 aromatic heterocycles. The van der Waals surface area contributed by atoms with E-state index in [9.17, 15) is 14.4 Å². The first-order chi connectivity index (χ1) is 11.0. The van der Waals surface area contributed by atoms with E-state index in [0.29, 0.717) is 24.3 Å². The maximum atomic E-state index is 12.2. The molecule has 0 atom stereocenters. The van der Waals surface area contributed by atoms with Gasteiger partial charge in [-0.15, -0.1) is 0 Å². The van der Waals surface area contributed by atoms with Crippen LogP contribution in [0.2, 0.25) is 0 Å². The Kier molecular flexibility index (Phi) is 7.53. The van der Waals surface area contributed by atoms with E-state index in [0.717, 1.165) is 12.2 Å². The van der Waals surface area contributed by atoms with Gasteiger partial charge in [0.05, 0.1) is 6.61 Å². The van der Waals surface area contributed by atoms with E-state index in [4.69, 9.17) is 0 Å². The van der Waals surface area contributed by atoms with Gasteiger partial charge in [0.25, 0.3) is 5.91 Å². The molecule has 0 fully saturated rings. The van der Waals surface area contributed by atoms with Gasteiger partial charge in [0.1, 0.15) is 0 Å². The summed E-state index contributed by atoms with van der Waals surface area (Å²) in [6, 6.07) is 6.61. The SMILES string of the molecule is CCOC(=O)/C=C/C(=O)Nc1ccc(C(=O)N(CC)CC)cc1. The van der Waals surface area contributed by atoms with Crippen LogP contribution in [0, 0.1) is 0 Å². The molecule has 0 spiro atoms. The number of nitrogens with zero attached hydrogens (tertiary/aromatic N) is 1. The largest absolute Gasteiger partial charge is 0.463 e. The lowest BCUT2D eigenvalue weighted by Gasteiger charge is -2.18. The van der Waals surface area contributed by atoms with Gasteiger partial charge in [-0.3, -0.25) is 9.59 Å². The molecule has 1 aromatic carbocycles. The maximum Gasteiger partial charge on any atom is 0.330 e. The van der Waals surface area contributed by atoms with E-state index in [1.54, 1.807) is 36.1 Å². The van der Waals surface area contributed by atoms with Gasteiger partial charge < -0.3 is 15.0 Å². The summed E-state index contributed by atoms with van der Waals surface area (Å²) in [5.41, 5.74) is 1.10. The van der Waals surface area contributed by atoms with Crippen molar-refractivity contribution in [3.8, 4) is 0 Å². The van der Waals surface area contributed by atoms with Gasteiger partial charge >= 0.3 is 5.97 Å². The maximum absolute atomic E-state index is 12.2. The number of rotatable bonds is 7. The van der Waals surface area contributed by atoms with Crippen LogP contribution in [0.5, 0.6) is 0 Å². The van der Waals surface area contributed by atoms with Crippen LogP contribution >= 0.6 is 0 Å². The van der Waals surface area contributed by atoms with Crippen molar-refractivity contribution < 1.29 is 19.1 Å². The Bertz CT molecular complexity index is 575. The fourth-order valence-corrected chi connectivity index (χ4v) is 1.91. The number of hydrogen-bond donors (Lipinski definition) is 1. The van der Waals surface area contributed by atoms with Crippen molar-refractivity contribution in [2.45, 2.75) is 20.8 Å². The van der Waals surface area contributed by atoms with E-state index >= 15 is 0 Å². The molecule has 1 rings (SSSR count). The third-order valence-electron chi connectivity index (χ3n) is 3.11. The summed E-state index contributed by atoms with van der Waals surface area (Å²) in [6.07, 6.45) is 2.17. The zero-order valence-corrected chi connectivity index (χ0v) is 13.7. The van der Waals surface area contributed by atoms with E-state index in [1.165, 1.54) is 0 Å². The Balaban J connectivity index is 2.65. The normalized spacial score (nSPS) is 10.4. The zero-order chi connectivity index (χ0) is 17.2. The van der Waals surface area contributed by atoms with Crippen LogP contribution in [0.25, 0.3) is 0 Å². The second-order valence-corrected chi connectivity index (χ2v) is 4.63. The number of esters is 1. The molecule has 0 saturated carbocycles. The lowest BCUT2D eigenvalue weighted by molar-refractivity contribution is -0.137. The highest BCUT2D eigenvalue weighted by molar-refractivity contribution is 6.03. The number of carbonyl (C=O) groups excluding carboxylic acids is 3. The van der Waals surface area contributed by atoms with Gasteiger partial charge in [0, 0.05) is 36.5 Å². The summed E-state index contributed by atoms with van der Waals surface area (Å²) in [6.45, 7) is 7.08. The molecule has 6 heteroatoms. The van der Waals surface area contributed by atoms with Crippen LogP contribution in [-0.2, 0) is 14.3 Å². The molecule has 2 amide bonds. The third-order valence-corrected chi connectivity index (χ3v) is 3.11. The first-order valence-corrected chi connectivity index (χ1v) is 7.56. The topological polar surface area (TPSA) is 75.7 Å². The second-order valence-electron chi connectivity index (χ2n) is 4.63. The van der Waals surface area contributed by atoms with Crippen molar-refractivity contribution in [3.05, 3.63) is 42.0 Å². The number of amides is 2. The molecule has 0 unspecified atom stereocenters.